The van der Waals surface area contributed by atoms with Gasteiger partial charge in [0.25, 0.3) is 5.91 Å². The van der Waals surface area contributed by atoms with E-state index in [1.807, 2.05) is 47.4 Å². The van der Waals surface area contributed by atoms with Crippen LogP contribution in [0.2, 0.25) is 5.02 Å². The molecule has 1 fully saturated rings. The van der Waals surface area contributed by atoms with Gasteiger partial charge in [-0.1, -0.05) is 29.8 Å². The summed E-state index contributed by atoms with van der Waals surface area (Å²) in [7, 11) is 0. The van der Waals surface area contributed by atoms with Crippen molar-refractivity contribution in [3.05, 3.63) is 62.7 Å². The molecule has 0 bridgehead atoms. The molecule has 0 atom stereocenters. The number of hydrogen-bond acceptors (Lipinski definition) is 2. The van der Waals surface area contributed by atoms with Crippen molar-refractivity contribution in [2.24, 2.45) is 0 Å². The van der Waals surface area contributed by atoms with E-state index in [2.05, 4.69) is 33.6 Å². The predicted octanol–water partition coefficient (Wildman–Crippen LogP) is 3.91. The first kappa shape index (κ1) is 15.6. The van der Waals surface area contributed by atoms with Gasteiger partial charge in [0.05, 0.1) is 5.56 Å². The van der Waals surface area contributed by atoms with Crippen molar-refractivity contribution in [3.8, 4) is 0 Å². The van der Waals surface area contributed by atoms with Crippen LogP contribution >= 0.6 is 34.2 Å². The Morgan fingerprint density at radius 1 is 1.00 bits per heavy atom. The maximum atomic E-state index is 12.6. The molecule has 5 heteroatoms. The molecule has 114 valence electrons. The normalized spacial score (nSPS) is 15.0. The lowest BCUT2D eigenvalue weighted by molar-refractivity contribution is 0.0745. The van der Waals surface area contributed by atoms with Gasteiger partial charge in [-0.3, -0.25) is 4.79 Å². The number of anilines is 1. The second-order valence-electron chi connectivity index (χ2n) is 5.24. The molecule has 1 aliphatic heterocycles. The molecule has 0 spiro atoms. The predicted molar refractivity (Wildman–Crippen MR) is 98.7 cm³/mol. The third kappa shape index (κ3) is 3.38. The van der Waals surface area contributed by atoms with Crippen molar-refractivity contribution < 1.29 is 4.79 Å². The van der Waals surface area contributed by atoms with Gasteiger partial charge in [0.1, 0.15) is 0 Å². The van der Waals surface area contributed by atoms with Gasteiger partial charge in [-0.05, 0) is 52.9 Å². The van der Waals surface area contributed by atoms with Gasteiger partial charge in [0, 0.05) is 40.5 Å². The third-order valence-electron chi connectivity index (χ3n) is 3.84. The molecule has 1 saturated heterocycles. The zero-order valence-corrected chi connectivity index (χ0v) is 14.9. The number of hydrogen-bond donors (Lipinski definition) is 0. The first-order chi connectivity index (χ1) is 10.6. The van der Waals surface area contributed by atoms with Gasteiger partial charge < -0.3 is 9.80 Å². The van der Waals surface area contributed by atoms with Crippen molar-refractivity contribution >= 4 is 45.8 Å². The standard InChI is InChI=1S/C17H16ClIN2O/c18-13-4-3-5-14(12-13)20-8-10-21(11-9-20)17(22)15-6-1-2-7-16(15)19/h1-7,12H,8-11H2. The zero-order valence-electron chi connectivity index (χ0n) is 12.0. The van der Waals surface area contributed by atoms with Crippen LogP contribution in [0.1, 0.15) is 10.4 Å². The van der Waals surface area contributed by atoms with Crippen LogP contribution < -0.4 is 4.90 Å². The van der Waals surface area contributed by atoms with E-state index in [4.69, 9.17) is 11.6 Å². The van der Waals surface area contributed by atoms with Gasteiger partial charge in [-0.25, -0.2) is 0 Å². The van der Waals surface area contributed by atoms with E-state index < -0.39 is 0 Å². The highest BCUT2D eigenvalue weighted by Gasteiger charge is 2.23. The summed E-state index contributed by atoms with van der Waals surface area (Å²) in [4.78, 5) is 16.8. The molecule has 0 aliphatic carbocycles. The minimum Gasteiger partial charge on any atom is -0.368 e. The van der Waals surface area contributed by atoms with Crippen LogP contribution in [0.15, 0.2) is 48.5 Å². The first-order valence-electron chi connectivity index (χ1n) is 7.19. The summed E-state index contributed by atoms with van der Waals surface area (Å²) in [6.07, 6.45) is 0. The van der Waals surface area contributed by atoms with Crippen molar-refractivity contribution in [2.75, 3.05) is 31.1 Å². The highest BCUT2D eigenvalue weighted by atomic mass is 127. The number of rotatable bonds is 2. The lowest BCUT2D eigenvalue weighted by Gasteiger charge is -2.36. The summed E-state index contributed by atoms with van der Waals surface area (Å²) in [5.74, 6) is 0.121. The Morgan fingerprint density at radius 2 is 1.73 bits per heavy atom. The van der Waals surface area contributed by atoms with E-state index in [1.54, 1.807) is 0 Å². The third-order valence-corrected chi connectivity index (χ3v) is 5.02. The van der Waals surface area contributed by atoms with E-state index in [0.29, 0.717) is 0 Å². The Balaban J connectivity index is 1.67. The molecule has 1 amide bonds. The Labute approximate surface area is 149 Å². The van der Waals surface area contributed by atoms with Crippen LogP contribution in [0.3, 0.4) is 0 Å². The molecule has 1 heterocycles. The second-order valence-corrected chi connectivity index (χ2v) is 6.84. The Kier molecular flexibility index (Phi) is 4.88. The van der Waals surface area contributed by atoms with Crippen LogP contribution in [0, 0.1) is 3.57 Å². The van der Waals surface area contributed by atoms with Crippen LogP contribution in [0.5, 0.6) is 0 Å². The van der Waals surface area contributed by atoms with Crippen LogP contribution in [-0.4, -0.2) is 37.0 Å². The Bertz CT molecular complexity index is 684. The molecule has 0 aromatic heterocycles. The number of amides is 1. The quantitative estimate of drug-likeness (QED) is 0.680. The lowest BCUT2D eigenvalue weighted by atomic mass is 10.1. The van der Waals surface area contributed by atoms with Crippen LogP contribution in [-0.2, 0) is 0 Å². The van der Waals surface area contributed by atoms with E-state index in [-0.39, 0.29) is 5.91 Å². The average Bonchev–Trinajstić information content (AvgIpc) is 2.55. The average molecular weight is 427 g/mol. The summed E-state index contributed by atoms with van der Waals surface area (Å²) >= 11 is 8.26. The summed E-state index contributed by atoms with van der Waals surface area (Å²) in [6, 6.07) is 15.6. The van der Waals surface area contributed by atoms with Crippen molar-refractivity contribution in [1.29, 1.82) is 0 Å². The molecule has 0 saturated carbocycles. The first-order valence-corrected chi connectivity index (χ1v) is 8.65. The smallest absolute Gasteiger partial charge is 0.255 e. The zero-order chi connectivity index (χ0) is 15.5. The summed E-state index contributed by atoms with van der Waals surface area (Å²) in [5.41, 5.74) is 1.91. The van der Waals surface area contributed by atoms with Crippen LogP contribution in [0.25, 0.3) is 0 Å². The van der Waals surface area contributed by atoms with Gasteiger partial charge in [0.2, 0.25) is 0 Å². The Hall–Kier alpha value is -1.27. The molecule has 3 rings (SSSR count). The second kappa shape index (κ2) is 6.87. The number of nitrogens with zero attached hydrogens (tertiary/aromatic N) is 2. The maximum absolute atomic E-state index is 12.6. The van der Waals surface area contributed by atoms with Gasteiger partial charge in [-0.2, -0.15) is 0 Å². The molecular weight excluding hydrogens is 411 g/mol. The molecule has 2 aromatic carbocycles. The van der Waals surface area contributed by atoms with E-state index in [0.717, 1.165) is 46.0 Å². The number of carbonyl (C=O) groups excluding carboxylic acids is 1. The fourth-order valence-corrected chi connectivity index (χ4v) is 3.45. The molecule has 2 aromatic rings. The van der Waals surface area contributed by atoms with Gasteiger partial charge in [0.15, 0.2) is 0 Å². The fourth-order valence-electron chi connectivity index (χ4n) is 2.65. The molecule has 1 aliphatic rings. The number of halogens is 2. The molecule has 3 nitrogen and oxygen atoms in total. The largest absolute Gasteiger partial charge is 0.368 e. The molecule has 0 radical (unpaired) electrons. The minimum atomic E-state index is 0.121. The van der Waals surface area contributed by atoms with E-state index in [1.165, 1.54) is 0 Å². The van der Waals surface area contributed by atoms with E-state index >= 15 is 0 Å². The van der Waals surface area contributed by atoms with Crippen molar-refractivity contribution in [1.82, 2.24) is 4.90 Å². The molecular formula is C17H16ClIN2O. The number of piperazine rings is 1. The summed E-state index contributed by atoms with van der Waals surface area (Å²) in [6.45, 7) is 3.12. The van der Waals surface area contributed by atoms with Gasteiger partial charge in [-0.15, -0.1) is 0 Å². The maximum Gasteiger partial charge on any atom is 0.255 e. The molecule has 0 N–H and O–H groups in total. The molecule has 0 unspecified atom stereocenters. The highest BCUT2D eigenvalue weighted by molar-refractivity contribution is 14.1. The summed E-state index contributed by atoms with van der Waals surface area (Å²) < 4.78 is 1.00. The minimum absolute atomic E-state index is 0.121. The lowest BCUT2D eigenvalue weighted by Crippen LogP contribution is -2.49. The van der Waals surface area contributed by atoms with Crippen molar-refractivity contribution in [2.45, 2.75) is 0 Å². The topological polar surface area (TPSA) is 23.6 Å². The van der Waals surface area contributed by atoms with Crippen LogP contribution in [0.4, 0.5) is 5.69 Å². The summed E-state index contributed by atoms with van der Waals surface area (Å²) in [5, 5.41) is 0.745. The number of carbonyl (C=O) groups is 1. The SMILES string of the molecule is O=C(c1ccccc1I)N1CCN(c2cccc(Cl)c2)CC1. The monoisotopic (exact) mass is 426 g/mol. The van der Waals surface area contributed by atoms with E-state index in [9.17, 15) is 4.79 Å². The van der Waals surface area contributed by atoms with Crippen molar-refractivity contribution in [3.63, 3.8) is 0 Å². The number of benzene rings is 2. The van der Waals surface area contributed by atoms with Gasteiger partial charge >= 0.3 is 0 Å². The molecule has 22 heavy (non-hydrogen) atoms. The fraction of sp³-hybridized carbons (Fsp3) is 0.235. The highest BCUT2D eigenvalue weighted by Crippen LogP contribution is 2.22. The Morgan fingerprint density at radius 3 is 2.41 bits per heavy atom.